The van der Waals surface area contributed by atoms with Gasteiger partial charge in [-0.2, -0.15) is 0 Å². The van der Waals surface area contributed by atoms with Crippen LogP contribution in [-0.4, -0.2) is 28.4 Å². The summed E-state index contributed by atoms with van der Waals surface area (Å²) in [4.78, 5) is 23.5. The predicted molar refractivity (Wildman–Crippen MR) is 64.6 cm³/mol. The third-order valence-electron chi connectivity index (χ3n) is 2.37. The SMILES string of the molecule is CC.Nc1cccc2c1C(=O)N(CC(=O)O)C2. The van der Waals surface area contributed by atoms with Gasteiger partial charge in [-0.3, -0.25) is 9.59 Å². The topological polar surface area (TPSA) is 83.6 Å². The van der Waals surface area contributed by atoms with Crippen molar-refractivity contribution in [1.29, 1.82) is 0 Å². The monoisotopic (exact) mass is 236 g/mol. The summed E-state index contributed by atoms with van der Waals surface area (Å²) in [5, 5.41) is 8.61. The van der Waals surface area contributed by atoms with Gasteiger partial charge >= 0.3 is 5.97 Å². The van der Waals surface area contributed by atoms with Crippen molar-refractivity contribution in [2.24, 2.45) is 0 Å². The van der Waals surface area contributed by atoms with Crippen molar-refractivity contribution in [3.8, 4) is 0 Å². The van der Waals surface area contributed by atoms with E-state index in [2.05, 4.69) is 0 Å². The zero-order valence-electron chi connectivity index (χ0n) is 9.93. The number of carbonyl (C=O) groups is 2. The fourth-order valence-corrected chi connectivity index (χ4v) is 1.74. The molecule has 3 N–H and O–H groups in total. The Morgan fingerprint density at radius 2 is 2.12 bits per heavy atom. The first kappa shape index (κ1) is 13.0. The highest BCUT2D eigenvalue weighted by atomic mass is 16.4. The maximum atomic E-state index is 11.7. The number of aliphatic carboxylic acids is 1. The molecule has 1 aliphatic heterocycles. The first-order valence-corrected chi connectivity index (χ1v) is 5.48. The number of carboxylic acid groups (broad SMARTS) is 1. The zero-order valence-corrected chi connectivity index (χ0v) is 9.93. The molecule has 0 bridgehead atoms. The molecule has 0 saturated carbocycles. The van der Waals surface area contributed by atoms with Crippen molar-refractivity contribution >= 4 is 17.6 Å². The minimum absolute atomic E-state index is 0.285. The first-order valence-electron chi connectivity index (χ1n) is 5.48. The molecule has 1 heterocycles. The third kappa shape index (κ3) is 2.55. The molecule has 17 heavy (non-hydrogen) atoms. The second-order valence-electron chi connectivity index (χ2n) is 3.44. The van der Waals surface area contributed by atoms with Crippen molar-refractivity contribution in [3.63, 3.8) is 0 Å². The fraction of sp³-hybridized carbons (Fsp3) is 0.333. The number of nitrogens with zero attached hydrogens (tertiary/aromatic N) is 1. The molecule has 0 saturated heterocycles. The molecule has 1 aromatic rings. The second-order valence-corrected chi connectivity index (χ2v) is 3.44. The van der Waals surface area contributed by atoms with E-state index in [0.29, 0.717) is 17.8 Å². The number of hydrogen-bond acceptors (Lipinski definition) is 3. The molecule has 1 aromatic carbocycles. The van der Waals surface area contributed by atoms with E-state index in [9.17, 15) is 9.59 Å². The highest BCUT2D eigenvalue weighted by Gasteiger charge is 2.30. The summed E-state index contributed by atoms with van der Waals surface area (Å²) in [5.41, 5.74) is 7.30. The van der Waals surface area contributed by atoms with Crippen LogP contribution in [0.3, 0.4) is 0 Å². The minimum Gasteiger partial charge on any atom is -0.480 e. The molecule has 0 spiro atoms. The summed E-state index contributed by atoms with van der Waals surface area (Å²) < 4.78 is 0. The van der Waals surface area contributed by atoms with Crippen LogP contribution >= 0.6 is 0 Å². The lowest BCUT2D eigenvalue weighted by Gasteiger charge is -2.11. The Kier molecular flexibility index (Phi) is 4.09. The minimum atomic E-state index is -1.02. The lowest BCUT2D eigenvalue weighted by molar-refractivity contribution is -0.137. The summed E-state index contributed by atoms with van der Waals surface area (Å²) in [5.74, 6) is -1.32. The Hall–Kier alpha value is -2.04. The van der Waals surface area contributed by atoms with Crippen molar-refractivity contribution < 1.29 is 14.7 Å². The van der Waals surface area contributed by atoms with Gasteiger partial charge in [-0.15, -0.1) is 0 Å². The van der Waals surface area contributed by atoms with Gasteiger partial charge in [-0.05, 0) is 11.6 Å². The van der Waals surface area contributed by atoms with Crippen molar-refractivity contribution in [3.05, 3.63) is 29.3 Å². The van der Waals surface area contributed by atoms with Crippen LogP contribution < -0.4 is 5.73 Å². The van der Waals surface area contributed by atoms with Crippen LogP contribution in [0.4, 0.5) is 5.69 Å². The molecular weight excluding hydrogens is 220 g/mol. The molecule has 1 aliphatic rings. The molecule has 0 unspecified atom stereocenters. The standard InChI is InChI=1S/C10H10N2O3.C2H6/c11-7-3-1-2-6-4-12(5-8(13)14)10(15)9(6)7;1-2/h1-3H,4-5,11H2,(H,13,14);1-2H3. The third-order valence-corrected chi connectivity index (χ3v) is 2.37. The molecule has 0 radical (unpaired) electrons. The molecule has 0 aromatic heterocycles. The second kappa shape index (κ2) is 5.34. The largest absolute Gasteiger partial charge is 0.480 e. The lowest BCUT2D eigenvalue weighted by atomic mass is 10.1. The average molecular weight is 236 g/mol. The van der Waals surface area contributed by atoms with Crippen LogP contribution in [0.2, 0.25) is 0 Å². The number of rotatable bonds is 2. The Bertz CT molecular complexity index is 443. The van der Waals surface area contributed by atoms with Gasteiger partial charge in [0.25, 0.3) is 5.91 Å². The smallest absolute Gasteiger partial charge is 0.323 e. The summed E-state index contributed by atoms with van der Waals surface area (Å²) in [6.07, 6.45) is 0. The van der Waals surface area contributed by atoms with E-state index < -0.39 is 5.97 Å². The number of carbonyl (C=O) groups excluding carboxylic acids is 1. The first-order chi connectivity index (χ1) is 8.09. The number of amides is 1. The number of anilines is 1. The maximum Gasteiger partial charge on any atom is 0.323 e. The van der Waals surface area contributed by atoms with Crippen molar-refractivity contribution in [1.82, 2.24) is 4.90 Å². The average Bonchev–Trinajstić information content (AvgIpc) is 2.59. The zero-order chi connectivity index (χ0) is 13.0. The number of nitrogens with two attached hydrogens (primary N) is 1. The van der Waals surface area contributed by atoms with E-state index in [1.54, 1.807) is 18.2 Å². The van der Waals surface area contributed by atoms with Gasteiger partial charge in [0.05, 0.1) is 5.56 Å². The molecule has 92 valence electrons. The Morgan fingerprint density at radius 3 is 2.65 bits per heavy atom. The predicted octanol–water partition coefficient (Wildman–Crippen LogP) is 1.34. The molecule has 2 rings (SSSR count). The van der Waals surface area contributed by atoms with E-state index in [-0.39, 0.29) is 12.5 Å². The van der Waals surface area contributed by atoms with Gasteiger partial charge in [0.2, 0.25) is 0 Å². The number of carboxylic acids is 1. The summed E-state index contributed by atoms with van der Waals surface area (Å²) in [6.45, 7) is 4.04. The van der Waals surface area contributed by atoms with Crippen LogP contribution in [-0.2, 0) is 11.3 Å². The van der Waals surface area contributed by atoms with Crippen LogP contribution in [0.1, 0.15) is 29.8 Å². The Labute approximate surface area is 99.8 Å². The number of benzene rings is 1. The quantitative estimate of drug-likeness (QED) is 0.759. The van der Waals surface area contributed by atoms with Crippen LogP contribution in [0.15, 0.2) is 18.2 Å². The van der Waals surface area contributed by atoms with E-state index >= 15 is 0 Å². The highest BCUT2D eigenvalue weighted by molar-refractivity contribution is 6.04. The molecule has 5 heteroatoms. The van der Waals surface area contributed by atoms with Crippen LogP contribution in [0.25, 0.3) is 0 Å². The summed E-state index contributed by atoms with van der Waals surface area (Å²) in [7, 11) is 0. The van der Waals surface area contributed by atoms with Gasteiger partial charge < -0.3 is 15.7 Å². The number of hydrogen-bond donors (Lipinski definition) is 2. The van der Waals surface area contributed by atoms with Crippen LogP contribution in [0.5, 0.6) is 0 Å². The number of nitrogen functional groups attached to an aromatic ring is 1. The molecule has 1 amide bonds. The van der Waals surface area contributed by atoms with Gasteiger partial charge in [-0.25, -0.2) is 0 Å². The lowest BCUT2D eigenvalue weighted by Crippen LogP contribution is -2.30. The van der Waals surface area contributed by atoms with E-state index in [1.165, 1.54) is 4.90 Å². The molecular formula is C12H16N2O3. The molecule has 0 fully saturated rings. The Balaban J connectivity index is 0.000000686. The van der Waals surface area contributed by atoms with Gasteiger partial charge in [0, 0.05) is 12.2 Å². The van der Waals surface area contributed by atoms with Gasteiger partial charge in [0.15, 0.2) is 0 Å². The highest BCUT2D eigenvalue weighted by Crippen LogP contribution is 2.26. The van der Waals surface area contributed by atoms with E-state index in [1.807, 2.05) is 13.8 Å². The van der Waals surface area contributed by atoms with Crippen molar-refractivity contribution in [2.45, 2.75) is 20.4 Å². The fourth-order valence-electron chi connectivity index (χ4n) is 1.74. The van der Waals surface area contributed by atoms with Crippen molar-refractivity contribution in [2.75, 3.05) is 12.3 Å². The number of fused-ring (bicyclic) bond motifs is 1. The van der Waals surface area contributed by atoms with Crippen LogP contribution in [0, 0.1) is 0 Å². The van der Waals surface area contributed by atoms with Gasteiger partial charge in [0.1, 0.15) is 6.54 Å². The maximum absolute atomic E-state index is 11.7. The summed E-state index contributed by atoms with van der Waals surface area (Å²) >= 11 is 0. The molecule has 0 aliphatic carbocycles. The summed E-state index contributed by atoms with van der Waals surface area (Å²) in [6, 6.07) is 5.18. The van der Waals surface area contributed by atoms with E-state index in [0.717, 1.165) is 5.56 Å². The Morgan fingerprint density at radius 1 is 1.47 bits per heavy atom. The van der Waals surface area contributed by atoms with E-state index in [4.69, 9.17) is 10.8 Å². The normalized spacial score (nSPS) is 12.8. The molecule has 0 atom stereocenters. The van der Waals surface area contributed by atoms with Gasteiger partial charge in [-0.1, -0.05) is 26.0 Å². The molecule has 5 nitrogen and oxygen atoms in total.